The number of hydrogen-bond acceptors (Lipinski definition) is 3. The van der Waals surface area contributed by atoms with E-state index >= 15 is 0 Å². The van der Waals surface area contributed by atoms with Gasteiger partial charge in [-0.15, -0.1) is 0 Å². The fourth-order valence-electron chi connectivity index (χ4n) is 4.01. The normalized spacial score (nSPS) is 33.5. The third kappa shape index (κ3) is 3.53. The number of fused-ring (bicyclic) bond motifs is 2. The third-order valence-corrected chi connectivity index (χ3v) is 5.16. The van der Waals surface area contributed by atoms with E-state index < -0.39 is 0 Å². The van der Waals surface area contributed by atoms with Crippen molar-refractivity contribution in [1.29, 1.82) is 0 Å². The Morgan fingerprint density at radius 3 is 2.70 bits per heavy atom. The third-order valence-electron chi connectivity index (χ3n) is 5.16. The second-order valence-corrected chi connectivity index (χ2v) is 6.67. The molecule has 2 bridgehead atoms. The van der Waals surface area contributed by atoms with E-state index in [0.717, 1.165) is 26.0 Å². The minimum Gasteiger partial charge on any atom is -0.378 e. The van der Waals surface area contributed by atoms with Gasteiger partial charge >= 0.3 is 0 Å². The maximum Gasteiger partial charge on any atom is 0.224 e. The highest BCUT2D eigenvalue weighted by atomic mass is 16.5. The van der Waals surface area contributed by atoms with Crippen molar-refractivity contribution in [3.05, 3.63) is 0 Å². The van der Waals surface area contributed by atoms with E-state index in [-0.39, 0.29) is 11.8 Å². The van der Waals surface area contributed by atoms with Crippen molar-refractivity contribution >= 4 is 5.91 Å². The average Bonchev–Trinajstić information content (AvgIpc) is 3.10. The van der Waals surface area contributed by atoms with Gasteiger partial charge in [0.25, 0.3) is 0 Å². The van der Waals surface area contributed by atoms with Crippen molar-refractivity contribution < 1.29 is 9.53 Å². The fraction of sp³-hybridized carbons (Fsp3) is 0.938. The van der Waals surface area contributed by atoms with Crippen molar-refractivity contribution in [2.75, 3.05) is 13.2 Å². The van der Waals surface area contributed by atoms with Gasteiger partial charge in [0.2, 0.25) is 5.91 Å². The number of carbonyl (C=O) groups excluding carboxylic acids is 1. The predicted octanol–water partition coefficient (Wildman–Crippen LogP) is 1.98. The lowest BCUT2D eigenvalue weighted by Gasteiger charge is -2.22. The van der Waals surface area contributed by atoms with Crippen LogP contribution in [-0.4, -0.2) is 37.2 Å². The van der Waals surface area contributed by atoms with E-state index in [9.17, 15) is 4.79 Å². The summed E-state index contributed by atoms with van der Waals surface area (Å²) < 4.78 is 5.88. The zero-order chi connectivity index (χ0) is 13.8. The topological polar surface area (TPSA) is 50.4 Å². The number of rotatable bonds is 6. The standard InChI is InChI=1S/C16H28N2O2/c19-16(14-11-12-7-8-15(14)18-12)17-9-4-10-20-13-5-2-1-3-6-13/h12-15,18H,1-11H2,(H,17,19). The van der Waals surface area contributed by atoms with Gasteiger partial charge in [-0.1, -0.05) is 19.3 Å². The monoisotopic (exact) mass is 280 g/mol. The van der Waals surface area contributed by atoms with E-state index in [1.54, 1.807) is 0 Å². The number of amides is 1. The highest BCUT2D eigenvalue weighted by Gasteiger charge is 2.42. The number of nitrogens with one attached hydrogen (secondary N) is 2. The molecular formula is C16H28N2O2. The Morgan fingerprint density at radius 2 is 2.00 bits per heavy atom. The molecule has 3 fully saturated rings. The fourth-order valence-corrected chi connectivity index (χ4v) is 4.01. The van der Waals surface area contributed by atoms with Crippen LogP contribution in [0.1, 0.15) is 57.8 Å². The first-order valence-electron chi connectivity index (χ1n) is 8.48. The Hall–Kier alpha value is -0.610. The minimum absolute atomic E-state index is 0.216. The van der Waals surface area contributed by atoms with Gasteiger partial charge in [-0.2, -0.15) is 0 Å². The lowest BCUT2D eigenvalue weighted by Crippen LogP contribution is -2.38. The molecule has 2 N–H and O–H groups in total. The highest BCUT2D eigenvalue weighted by molar-refractivity contribution is 5.80. The molecule has 20 heavy (non-hydrogen) atoms. The summed E-state index contributed by atoms with van der Waals surface area (Å²) in [7, 11) is 0. The molecular weight excluding hydrogens is 252 g/mol. The van der Waals surface area contributed by atoms with Crippen molar-refractivity contribution in [2.45, 2.75) is 76.0 Å². The molecule has 0 aromatic heterocycles. The van der Waals surface area contributed by atoms with Crippen LogP contribution in [0.2, 0.25) is 0 Å². The van der Waals surface area contributed by atoms with Crippen molar-refractivity contribution in [3.63, 3.8) is 0 Å². The van der Waals surface area contributed by atoms with Gasteiger partial charge in [-0.05, 0) is 38.5 Å². The maximum atomic E-state index is 12.1. The summed E-state index contributed by atoms with van der Waals surface area (Å²) in [5, 5.41) is 6.61. The largest absolute Gasteiger partial charge is 0.378 e. The van der Waals surface area contributed by atoms with Crippen LogP contribution in [0.3, 0.4) is 0 Å². The van der Waals surface area contributed by atoms with E-state index in [4.69, 9.17) is 4.74 Å². The summed E-state index contributed by atoms with van der Waals surface area (Å²) in [6.07, 6.45) is 11.3. The lowest BCUT2D eigenvalue weighted by molar-refractivity contribution is -0.125. The van der Waals surface area contributed by atoms with Crippen LogP contribution < -0.4 is 10.6 Å². The quantitative estimate of drug-likeness (QED) is 0.732. The molecule has 0 aromatic rings. The number of hydrogen-bond donors (Lipinski definition) is 2. The molecule has 2 saturated heterocycles. The smallest absolute Gasteiger partial charge is 0.224 e. The van der Waals surface area contributed by atoms with E-state index in [0.29, 0.717) is 18.2 Å². The van der Waals surface area contributed by atoms with Crippen LogP contribution >= 0.6 is 0 Å². The Labute approximate surface area is 122 Å². The second kappa shape index (κ2) is 6.90. The Bertz CT molecular complexity index is 328. The van der Waals surface area contributed by atoms with Crippen LogP contribution in [0.15, 0.2) is 0 Å². The molecule has 3 unspecified atom stereocenters. The molecule has 2 aliphatic heterocycles. The SMILES string of the molecule is O=C(NCCCOC1CCCCC1)C1CC2CCC1N2. The molecule has 0 aromatic carbocycles. The van der Waals surface area contributed by atoms with Crippen LogP contribution in [0.5, 0.6) is 0 Å². The van der Waals surface area contributed by atoms with Gasteiger partial charge in [0.15, 0.2) is 0 Å². The summed E-state index contributed by atoms with van der Waals surface area (Å²) in [5.41, 5.74) is 0. The number of carbonyl (C=O) groups is 1. The molecule has 3 rings (SSSR count). The van der Waals surface area contributed by atoms with Gasteiger partial charge < -0.3 is 15.4 Å². The summed E-state index contributed by atoms with van der Waals surface area (Å²) in [6.45, 7) is 1.55. The molecule has 3 aliphatic rings. The van der Waals surface area contributed by atoms with Crippen LogP contribution in [0.25, 0.3) is 0 Å². The molecule has 1 aliphatic carbocycles. The van der Waals surface area contributed by atoms with Crippen molar-refractivity contribution in [3.8, 4) is 0 Å². The van der Waals surface area contributed by atoms with E-state index in [1.165, 1.54) is 44.9 Å². The maximum absolute atomic E-state index is 12.1. The Kier molecular flexibility index (Phi) is 4.94. The second-order valence-electron chi connectivity index (χ2n) is 6.67. The van der Waals surface area contributed by atoms with Gasteiger partial charge in [0.05, 0.1) is 12.0 Å². The Morgan fingerprint density at radius 1 is 1.15 bits per heavy atom. The molecule has 4 heteroatoms. The lowest BCUT2D eigenvalue weighted by atomic mass is 9.88. The summed E-state index contributed by atoms with van der Waals surface area (Å²) in [4.78, 5) is 12.1. The Balaban J connectivity index is 1.25. The summed E-state index contributed by atoms with van der Waals surface area (Å²) in [5.74, 6) is 0.468. The first kappa shape index (κ1) is 14.3. The number of ether oxygens (including phenoxy) is 1. The summed E-state index contributed by atoms with van der Waals surface area (Å²) in [6, 6.07) is 1.05. The van der Waals surface area contributed by atoms with Gasteiger partial charge in [0.1, 0.15) is 0 Å². The first-order valence-corrected chi connectivity index (χ1v) is 8.48. The van der Waals surface area contributed by atoms with Gasteiger partial charge in [-0.3, -0.25) is 4.79 Å². The van der Waals surface area contributed by atoms with Crippen molar-refractivity contribution in [2.24, 2.45) is 5.92 Å². The zero-order valence-electron chi connectivity index (χ0n) is 12.4. The molecule has 114 valence electrons. The zero-order valence-corrected chi connectivity index (χ0v) is 12.4. The molecule has 1 amide bonds. The minimum atomic E-state index is 0.216. The summed E-state index contributed by atoms with van der Waals surface area (Å²) >= 11 is 0. The molecule has 0 spiro atoms. The van der Waals surface area contributed by atoms with Gasteiger partial charge in [-0.25, -0.2) is 0 Å². The van der Waals surface area contributed by atoms with Crippen molar-refractivity contribution in [1.82, 2.24) is 10.6 Å². The molecule has 0 radical (unpaired) electrons. The van der Waals surface area contributed by atoms with E-state index in [1.807, 2.05) is 0 Å². The van der Waals surface area contributed by atoms with Crippen LogP contribution in [0, 0.1) is 5.92 Å². The van der Waals surface area contributed by atoms with Crippen LogP contribution in [-0.2, 0) is 9.53 Å². The molecule has 2 heterocycles. The molecule has 4 nitrogen and oxygen atoms in total. The molecule has 3 atom stereocenters. The van der Waals surface area contributed by atoms with Crippen LogP contribution in [0.4, 0.5) is 0 Å². The predicted molar refractivity (Wildman–Crippen MR) is 78.5 cm³/mol. The van der Waals surface area contributed by atoms with E-state index in [2.05, 4.69) is 10.6 Å². The molecule has 1 saturated carbocycles. The highest BCUT2D eigenvalue weighted by Crippen LogP contribution is 2.33. The average molecular weight is 280 g/mol. The van der Waals surface area contributed by atoms with Gasteiger partial charge in [0, 0.05) is 25.2 Å². The first-order chi connectivity index (χ1) is 9.83.